The Morgan fingerprint density at radius 3 is 1.50 bits per heavy atom. The smallest absolute Gasteiger partial charge is 0.240 e. The maximum atomic E-state index is 11.7. The Kier molecular flexibility index (Phi) is 9.58. The van der Waals surface area contributed by atoms with Crippen molar-refractivity contribution in [3.63, 3.8) is 0 Å². The van der Waals surface area contributed by atoms with Crippen LogP contribution < -0.4 is 10.9 Å². The number of nitrogens with one attached hydrogen (secondary N) is 2. The van der Waals surface area contributed by atoms with Gasteiger partial charge >= 0.3 is 0 Å². The Balaban J connectivity index is 1.52. The zero-order chi connectivity index (χ0) is 21.6. The van der Waals surface area contributed by atoms with E-state index in [1.807, 2.05) is 0 Å². The average Bonchev–Trinajstić information content (AvgIpc) is 2.73. The second-order valence-electron chi connectivity index (χ2n) is 6.62. The lowest BCUT2D eigenvalue weighted by molar-refractivity contribution is -0.122. The molecule has 2 rings (SSSR count). The lowest BCUT2D eigenvalue weighted by Gasteiger charge is -2.02. The third-order valence-corrected chi connectivity index (χ3v) is 4.22. The molecule has 0 bridgehead atoms. The van der Waals surface area contributed by atoms with Crippen LogP contribution in [0, 0.1) is 0 Å². The second-order valence-corrected chi connectivity index (χ2v) is 6.62. The Hall–Kier alpha value is -3.68. The van der Waals surface area contributed by atoms with E-state index >= 15 is 0 Å². The van der Waals surface area contributed by atoms with Crippen LogP contribution in [0.15, 0.2) is 58.7 Å². The number of hydrazone groups is 2. The van der Waals surface area contributed by atoms with Gasteiger partial charge in [-0.25, -0.2) is 10.9 Å². The van der Waals surface area contributed by atoms with Gasteiger partial charge in [-0.05, 0) is 37.1 Å². The van der Waals surface area contributed by atoms with Crippen molar-refractivity contribution in [2.45, 2.75) is 38.5 Å². The van der Waals surface area contributed by atoms with Crippen molar-refractivity contribution in [3.05, 3.63) is 59.7 Å². The quantitative estimate of drug-likeness (QED) is 0.258. The van der Waals surface area contributed by atoms with Gasteiger partial charge < -0.3 is 10.2 Å². The molecule has 0 aliphatic carbocycles. The fourth-order valence-electron chi connectivity index (χ4n) is 2.58. The van der Waals surface area contributed by atoms with E-state index in [0.717, 1.165) is 12.8 Å². The fourth-order valence-corrected chi connectivity index (χ4v) is 2.58. The van der Waals surface area contributed by atoms with Gasteiger partial charge in [0.2, 0.25) is 11.8 Å². The summed E-state index contributed by atoms with van der Waals surface area (Å²) in [5, 5.41) is 26.9. The van der Waals surface area contributed by atoms with Crippen LogP contribution in [0.5, 0.6) is 11.5 Å². The molecule has 158 valence electrons. The van der Waals surface area contributed by atoms with E-state index < -0.39 is 0 Å². The lowest BCUT2D eigenvalue weighted by atomic mass is 10.1. The lowest BCUT2D eigenvalue weighted by Crippen LogP contribution is -2.17. The number of hydrogen-bond donors (Lipinski definition) is 4. The average molecular weight is 410 g/mol. The summed E-state index contributed by atoms with van der Waals surface area (Å²) in [5.74, 6) is -0.192. The summed E-state index contributed by atoms with van der Waals surface area (Å²) in [6, 6.07) is 13.4. The van der Waals surface area contributed by atoms with Crippen molar-refractivity contribution in [1.29, 1.82) is 0 Å². The molecular formula is C22H26N4O4. The molecule has 0 saturated heterocycles. The van der Waals surface area contributed by atoms with Crippen LogP contribution in [0.4, 0.5) is 0 Å². The van der Waals surface area contributed by atoms with Crippen LogP contribution in [0.2, 0.25) is 0 Å². The van der Waals surface area contributed by atoms with Crippen molar-refractivity contribution in [1.82, 2.24) is 10.9 Å². The van der Waals surface area contributed by atoms with Gasteiger partial charge in [-0.15, -0.1) is 0 Å². The van der Waals surface area contributed by atoms with Crippen molar-refractivity contribution in [2.24, 2.45) is 10.2 Å². The predicted molar refractivity (Wildman–Crippen MR) is 115 cm³/mol. The molecule has 0 fully saturated rings. The summed E-state index contributed by atoms with van der Waals surface area (Å²) in [4.78, 5) is 23.5. The first-order chi connectivity index (χ1) is 14.6. The molecule has 0 aliphatic heterocycles. The van der Waals surface area contributed by atoms with E-state index in [9.17, 15) is 19.8 Å². The second kappa shape index (κ2) is 12.7. The number of amides is 2. The minimum Gasteiger partial charge on any atom is -0.507 e. The number of phenolic OH excluding ortho intramolecular Hbond substituents is 2. The zero-order valence-corrected chi connectivity index (χ0v) is 16.6. The molecule has 0 spiro atoms. The minimum atomic E-state index is -0.196. The van der Waals surface area contributed by atoms with Gasteiger partial charge in [0, 0.05) is 24.0 Å². The Labute approximate surface area is 175 Å². The SMILES string of the molecule is O=C(CCCCCCC(=O)NN=Cc1ccccc1O)NN=Cc1ccccc1O. The molecular weight excluding hydrogens is 384 g/mol. The molecule has 0 atom stereocenters. The molecule has 0 unspecified atom stereocenters. The summed E-state index contributed by atoms with van der Waals surface area (Å²) in [6.07, 6.45) is 6.53. The first-order valence-corrected chi connectivity index (χ1v) is 9.76. The van der Waals surface area contributed by atoms with Gasteiger partial charge in [0.25, 0.3) is 0 Å². The fraction of sp³-hybridized carbons (Fsp3) is 0.273. The molecule has 8 heteroatoms. The van der Waals surface area contributed by atoms with Crippen LogP contribution >= 0.6 is 0 Å². The Bertz CT molecular complexity index is 823. The molecule has 2 aromatic carbocycles. The number of aromatic hydroxyl groups is 2. The number of para-hydroxylation sites is 2. The number of rotatable bonds is 11. The van der Waals surface area contributed by atoms with Crippen molar-refractivity contribution in [3.8, 4) is 11.5 Å². The molecule has 0 aliphatic rings. The summed E-state index contributed by atoms with van der Waals surface area (Å²) in [5.41, 5.74) is 5.92. The highest BCUT2D eigenvalue weighted by atomic mass is 16.3. The first-order valence-electron chi connectivity index (χ1n) is 9.76. The van der Waals surface area contributed by atoms with Crippen molar-refractivity contribution < 1.29 is 19.8 Å². The molecule has 30 heavy (non-hydrogen) atoms. The molecule has 0 heterocycles. The minimum absolute atomic E-state index is 0.100. The summed E-state index contributed by atoms with van der Waals surface area (Å²) >= 11 is 0. The number of unbranched alkanes of at least 4 members (excludes halogenated alkanes) is 3. The highest BCUT2D eigenvalue weighted by Crippen LogP contribution is 2.13. The number of phenols is 2. The van der Waals surface area contributed by atoms with Gasteiger partial charge in [-0.1, -0.05) is 37.1 Å². The van der Waals surface area contributed by atoms with E-state index in [0.29, 0.717) is 36.8 Å². The van der Waals surface area contributed by atoms with Gasteiger partial charge in [0.05, 0.1) is 12.4 Å². The van der Waals surface area contributed by atoms with E-state index in [1.54, 1.807) is 48.5 Å². The zero-order valence-electron chi connectivity index (χ0n) is 16.6. The van der Waals surface area contributed by atoms with Gasteiger partial charge in [0.15, 0.2) is 0 Å². The van der Waals surface area contributed by atoms with E-state index in [2.05, 4.69) is 21.1 Å². The van der Waals surface area contributed by atoms with Crippen LogP contribution in [0.25, 0.3) is 0 Å². The largest absolute Gasteiger partial charge is 0.507 e. The number of carbonyl (C=O) groups excluding carboxylic acids is 2. The first kappa shape index (κ1) is 22.6. The van der Waals surface area contributed by atoms with Crippen LogP contribution in [0.1, 0.15) is 49.7 Å². The van der Waals surface area contributed by atoms with Crippen molar-refractivity contribution >= 4 is 24.2 Å². The number of nitrogens with zero attached hydrogens (tertiary/aromatic N) is 2. The van der Waals surface area contributed by atoms with E-state index in [-0.39, 0.29) is 23.3 Å². The van der Waals surface area contributed by atoms with Crippen molar-refractivity contribution in [2.75, 3.05) is 0 Å². The molecule has 2 amide bonds. The number of benzene rings is 2. The summed E-state index contributed by atoms with van der Waals surface area (Å²) in [7, 11) is 0. The van der Waals surface area contributed by atoms with Gasteiger partial charge in [-0.3, -0.25) is 9.59 Å². The Morgan fingerprint density at radius 1 is 0.700 bits per heavy atom. The third kappa shape index (κ3) is 8.55. The normalized spacial score (nSPS) is 11.1. The van der Waals surface area contributed by atoms with E-state index in [4.69, 9.17) is 0 Å². The monoisotopic (exact) mass is 410 g/mol. The van der Waals surface area contributed by atoms with Crippen LogP contribution in [0.3, 0.4) is 0 Å². The summed E-state index contributed by atoms with van der Waals surface area (Å²) in [6.45, 7) is 0. The van der Waals surface area contributed by atoms with Gasteiger partial charge in [-0.2, -0.15) is 10.2 Å². The summed E-state index contributed by atoms with van der Waals surface area (Å²) < 4.78 is 0. The van der Waals surface area contributed by atoms with Crippen LogP contribution in [-0.2, 0) is 9.59 Å². The standard InChI is InChI=1S/C22H26N4O4/c27-19-11-7-5-9-17(19)15-23-25-21(29)13-3-1-2-4-14-22(30)26-24-16-18-10-6-8-12-20(18)28/h5-12,15-16,27-28H,1-4,13-14H2,(H,25,29)(H,26,30). The topological polar surface area (TPSA) is 123 Å². The molecule has 0 saturated carbocycles. The maximum absolute atomic E-state index is 11.7. The maximum Gasteiger partial charge on any atom is 0.240 e. The van der Waals surface area contributed by atoms with E-state index in [1.165, 1.54) is 12.4 Å². The highest BCUT2D eigenvalue weighted by Gasteiger charge is 2.02. The molecule has 4 N–H and O–H groups in total. The molecule has 2 aromatic rings. The number of hydrogen-bond acceptors (Lipinski definition) is 6. The predicted octanol–water partition coefficient (Wildman–Crippen LogP) is 3.04. The molecule has 0 radical (unpaired) electrons. The third-order valence-electron chi connectivity index (χ3n) is 4.22. The number of carbonyl (C=O) groups is 2. The Morgan fingerprint density at radius 2 is 1.10 bits per heavy atom. The highest BCUT2D eigenvalue weighted by molar-refractivity contribution is 5.85. The van der Waals surface area contributed by atoms with Gasteiger partial charge in [0.1, 0.15) is 11.5 Å². The molecule has 0 aromatic heterocycles. The molecule has 8 nitrogen and oxygen atoms in total. The van der Waals surface area contributed by atoms with Crippen LogP contribution in [-0.4, -0.2) is 34.5 Å².